The van der Waals surface area contributed by atoms with Crippen LogP contribution in [0.15, 0.2) is 67.3 Å². The highest BCUT2D eigenvalue weighted by Gasteiger charge is 2.15. The Bertz CT molecular complexity index is 1850. The molecule has 208 valence electrons. The fourth-order valence-corrected chi connectivity index (χ4v) is 6.58. The molecule has 0 saturated heterocycles. The number of aryl methyl sites for hydroxylation is 1. The van der Waals surface area contributed by atoms with Crippen LogP contribution in [0.3, 0.4) is 0 Å². The van der Waals surface area contributed by atoms with Crippen LogP contribution in [0.1, 0.15) is 55.9 Å². The molecule has 0 unspecified atom stereocenters. The Labute approximate surface area is 244 Å². The van der Waals surface area contributed by atoms with Gasteiger partial charge in [0.1, 0.15) is 5.69 Å². The minimum atomic E-state index is 0.751. The van der Waals surface area contributed by atoms with E-state index in [2.05, 4.69) is 87.8 Å². The number of allylic oxidation sites excluding steroid dienone is 3. The van der Waals surface area contributed by atoms with Crippen molar-refractivity contribution in [1.82, 2.24) is 25.1 Å². The fourth-order valence-electron chi connectivity index (χ4n) is 5.70. The largest absolute Gasteiger partial charge is 0.358 e. The normalized spacial score (nSPS) is 15.1. The van der Waals surface area contributed by atoms with Crippen molar-refractivity contribution in [1.29, 1.82) is 0 Å². The highest BCUT2D eigenvalue weighted by atomic mass is 32.1. The SMILES string of the molecule is C=C(CC1CCCCC1)Nc1cncc(/C(C)=C/C=c2/[nH]nc(-c3cc4c(-c5ccc(C)s5)nccc4[nH]3)c2=C)c1. The van der Waals surface area contributed by atoms with Crippen LogP contribution in [0, 0.1) is 12.8 Å². The minimum absolute atomic E-state index is 0.751. The molecule has 0 amide bonds. The molecule has 5 aromatic rings. The molecule has 1 aliphatic rings. The molecule has 6 rings (SSSR count). The van der Waals surface area contributed by atoms with Crippen molar-refractivity contribution in [3.8, 4) is 22.0 Å². The first-order chi connectivity index (χ1) is 19.9. The summed E-state index contributed by atoms with van der Waals surface area (Å²) in [6.45, 7) is 12.8. The number of aromatic nitrogens is 5. The maximum absolute atomic E-state index is 4.67. The molecule has 1 fully saturated rings. The van der Waals surface area contributed by atoms with Crippen LogP contribution >= 0.6 is 11.3 Å². The Morgan fingerprint density at radius 3 is 2.78 bits per heavy atom. The minimum Gasteiger partial charge on any atom is -0.358 e. The first-order valence-electron chi connectivity index (χ1n) is 14.3. The van der Waals surface area contributed by atoms with Crippen molar-refractivity contribution in [2.24, 2.45) is 5.92 Å². The summed E-state index contributed by atoms with van der Waals surface area (Å²) in [4.78, 5) is 15.1. The van der Waals surface area contributed by atoms with E-state index in [-0.39, 0.29) is 0 Å². The second kappa shape index (κ2) is 11.7. The monoisotopic (exact) mass is 560 g/mol. The Kier molecular flexibility index (Phi) is 7.70. The van der Waals surface area contributed by atoms with Crippen molar-refractivity contribution < 1.29 is 0 Å². The summed E-state index contributed by atoms with van der Waals surface area (Å²) in [5.41, 5.74) is 7.93. The predicted octanol–water partition coefficient (Wildman–Crippen LogP) is 7.58. The highest BCUT2D eigenvalue weighted by molar-refractivity contribution is 7.15. The van der Waals surface area contributed by atoms with Gasteiger partial charge in [-0.2, -0.15) is 5.10 Å². The molecule has 0 aromatic carbocycles. The Balaban J connectivity index is 1.21. The van der Waals surface area contributed by atoms with E-state index < -0.39 is 0 Å². The number of anilines is 1. The van der Waals surface area contributed by atoms with Crippen LogP contribution in [0.4, 0.5) is 5.69 Å². The molecule has 0 bridgehead atoms. The number of pyridine rings is 2. The van der Waals surface area contributed by atoms with Gasteiger partial charge in [-0.05, 0) is 73.7 Å². The van der Waals surface area contributed by atoms with Gasteiger partial charge in [0, 0.05) is 39.1 Å². The Morgan fingerprint density at radius 1 is 1.12 bits per heavy atom. The summed E-state index contributed by atoms with van der Waals surface area (Å²) < 4.78 is 0. The summed E-state index contributed by atoms with van der Waals surface area (Å²) in [6, 6.07) is 10.5. The molecular weight excluding hydrogens is 524 g/mol. The molecule has 1 aliphatic carbocycles. The van der Waals surface area contributed by atoms with E-state index in [0.717, 1.165) is 78.3 Å². The number of H-pyrrole nitrogens is 2. The average Bonchev–Trinajstić information content (AvgIpc) is 3.70. The molecule has 6 nitrogen and oxygen atoms in total. The maximum atomic E-state index is 4.67. The summed E-state index contributed by atoms with van der Waals surface area (Å²) in [5, 5.41) is 14.0. The first kappa shape index (κ1) is 27.0. The van der Waals surface area contributed by atoms with E-state index in [1.165, 1.54) is 37.0 Å². The van der Waals surface area contributed by atoms with Crippen molar-refractivity contribution in [2.45, 2.75) is 52.4 Å². The lowest BCUT2D eigenvalue weighted by Crippen LogP contribution is -2.21. The first-order valence-corrected chi connectivity index (χ1v) is 15.1. The smallest absolute Gasteiger partial charge is 0.116 e. The zero-order chi connectivity index (χ0) is 28.3. The molecule has 7 heteroatoms. The fraction of sp³-hybridized carbons (Fsp3) is 0.265. The number of hydrogen-bond acceptors (Lipinski definition) is 5. The number of fused-ring (bicyclic) bond motifs is 1. The van der Waals surface area contributed by atoms with E-state index in [9.17, 15) is 0 Å². The lowest BCUT2D eigenvalue weighted by molar-refractivity contribution is 0.357. The summed E-state index contributed by atoms with van der Waals surface area (Å²) in [7, 11) is 0. The quantitative estimate of drug-likeness (QED) is 0.183. The van der Waals surface area contributed by atoms with Crippen LogP contribution in [0.2, 0.25) is 0 Å². The van der Waals surface area contributed by atoms with Crippen molar-refractivity contribution in [3.63, 3.8) is 0 Å². The van der Waals surface area contributed by atoms with Crippen molar-refractivity contribution >= 4 is 46.2 Å². The summed E-state index contributed by atoms with van der Waals surface area (Å²) in [6.07, 6.45) is 17.4. The van der Waals surface area contributed by atoms with Gasteiger partial charge in [-0.25, -0.2) is 0 Å². The molecule has 0 atom stereocenters. The van der Waals surface area contributed by atoms with Gasteiger partial charge in [0.25, 0.3) is 0 Å². The van der Waals surface area contributed by atoms with E-state index in [0.29, 0.717) is 0 Å². The van der Waals surface area contributed by atoms with Gasteiger partial charge < -0.3 is 10.3 Å². The van der Waals surface area contributed by atoms with Gasteiger partial charge >= 0.3 is 0 Å². The van der Waals surface area contributed by atoms with Crippen LogP contribution in [-0.4, -0.2) is 25.1 Å². The molecule has 1 saturated carbocycles. The molecule has 0 spiro atoms. The topological polar surface area (TPSA) is 82.3 Å². The molecule has 0 aliphatic heterocycles. The van der Waals surface area contributed by atoms with Crippen LogP contribution in [-0.2, 0) is 0 Å². The summed E-state index contributed by atoms with van der Waals surface area (Å²) in [5.74, 6) is 0.751. The Hall–Kier alpha value is -4.23. The zero-order valence-corrected chi connectivity index (χ0v) is 24.6. The van der Waals surface area contributed by atoms with E-state index >= 15 is 0 Å². The van der Waals surface area contributed by atoms with Gasteiger partial charge in [0.05, 0.1) is 33.5 Å². The summed E-state index contributed by atoms with van der Waals surface area (Å²) >= 11 is 1.75. The van der Waals surface area contributed by atoms with Crippen molar-refractivity contribution in [3.05, 3.63) is 88.3 Å². The molecule has 5 heterocycles. The number of nitrogens with zero attached hydrogens (tertiary/aromatic N) is 3. The van der Waals surface area contributed by atoms with E-state index in [4.69, 9.17) is 0 Å². The highest BCUT2D eigenvalue weighted by Crippen LogP contribution is 2.33. The maximum Gasteiger partial charge on any atom is 0.116 e. The zero-order valence-electron chi connectivity index (χ0n) is 23.8. The number of nitrogens with one attached hydrogen (secondary N) is 3. The molecular formula is C34H36N6S. The third kappa shape index (κ3) is 5.95. The molecule has 5 aromatic heterocycles. The Morgan fingerprint density at radius 2 is 1.98 bits per heavy atom. The molecule has 0 radical (unpaired) electrons. The number of rotatable bonds is 8. The second-order valence-corrected chi connectivity index (χ2v) is 12.4. The number of aromatic amines is 2. The lowest BCUT2D eigenvalue weighted by Gasteiger charge is -2.22. The van der Waals surface area contributed by atoms with Gasteiger partial charge in [0.2, 0.25) is 0 Å². The van der Waals surface area contributed by atoms with Gasteiger partial charge in [-0.15, -0.1) is 11.3 Å². The third-order valence-corrected chi connectivity index (χ3v) is 8.96. The van der Waals surface area contributed by atoms with Crippen molar-refractivity contribution in [2.75, 3.05) is 5.32 Å². The van der Waals surface area contributed by atoms with Gasteiger partial charge in [0.15, 0.2) is 0 Å². The average molecular weight is 561 g/mol. The van der Waals surface area contributed by atoms with Crippen LogP contribution in [0.25, 0.3) is 51.1 Å². The number of hydrogen-bond donors (Lipinski definition) is 3. The standard InChI is InChI=1S/C34H36N6S/c1-21(26-17-27(20-35-19-26)37-22(2)16-25-8-6-5-7-9-25)10-12-29-24(4)33(40-39-29)31-18-28-30(38-31)14-15-36-34(28)32-13-11-23(3)41-32/h10-15,17-20,25,37-39H,2,4-9,16H2,1,3H3/b21-10+,29-12+. The van der Waals surface area contributed by atoms with Gasteiger partial charge in [-0.3, -0.25) is 15.1 Å². The molecule has 41 heavy (non-hydrogen) atoms. The lowest BCUT2D eigenvalue weighted by atomic mass is 9.86. The molecule has 3 N–H and O–H groups in total. The second-order valence-electron chi connectivity index (χ2n) is 11.1. The number of thiophene rings is 1. The van der Waals surface area contributed by atoms with Gasteiger partial charge in [-0.1, -0.05) is 51.3 Å². The van der Waals surface area contributed by atoms with E-state index in [1.807, 2.05) is 30.7 Å². The third-order valence-electron chi connectivity index (χ3n) is 7.95. The van der Waals surface area contributed by atoms with Crippen LogP contribution in [0.5, 0.6) is 0 Å². The van der Waals surface area contributed by atoms with Crippen LogP contribution < -0.4 is 15.9 Å². The van der Waals surface area contributed by atoms with E-state index in [1.54, 1.807) is 11.3 Å². The predicted molar refractivity (Wildman–Crippen MR) is 173 cm³/mol.